The fourth-order valence-electron chi connectivity index (χ4n) is 1.86. The number of carbonyl (C=O) groups excluding carboxylic acids is 1. The Morgan fingerprint density at radius 1 is 1.25 bits per heavy atom. The van der Waals surface area contributed by atoms with Gasteiger partial charge in [-0.15, -0.1) is 0 Å². The van der Waals surface area contributed by atoms with Gasteiger partial charge in [0.05, 0.1) is 13.3 Å². The maximum atomic E-state index is 11.9. The van der Waals surface area contributed by atoms with Gasteiger partial charge in [0.25, 0.3) is 5.91 Å². The molecule has 1 amide bonds. The molecule has 0 radical (unpaired) electrons. The van der Waals surface area contributed by atoms with E-state index >= 15 is 0 Å². The molecule has 0 aliphatic rings. The number of nitrogens with one attached hydrogen (secondary N) is 1. The van der Waals surface area contributed by atoms with Gasteiger partial charge in [0, 0.05) is 10.6 Å². The fraction of sp³-hybridized carbons (Fsp3) is 0.111. The van der Waals surface area contributed by atoms with Crippen LogP contribution >= 0.6 is 11.6 Å². The van der Waals surface area contributed by atoms with Gasteiger partial charge < -0.3 is 9.47 Å². The molecule has 24 heavy (non-hydrogen) atoms. The average molecular weight is 345 g/mol. The Hall–Kier alpha value is -2.79. The molecule has 0 saturated heterocycles. The summed E-state index contributed by atoms with van der Waals surface area (Å²) in [5, 5.41) is 4.51. The molecule has 2 aromatic carbocycles. The van der Waals surface area contributed by atoms with Crippen LogP contribution < -0.4 is 14.9 Å². The first kappa shape index (κ1) is 17.6. The first-order valence-corrected chi connectivity index (χ1v) is 7.52. The molecule has 2 aromatic rings. The van der Waals surface area contributed by atoms with Gasteiger partial charge in [-0.1, -0.05) is 24.3 Å². The van der Waals surface area contributed by atoms with E-state index in [0.29, 0.717) is 28.7 Å². The third kappa shape index (κ3) is 4.86. The van der Waals surface area contributed by atoms with E-state index in [4.69, 9.17) is 21.1 Å². The molecule has 5 nitrogen and oxygen atoms in total. The molecular formula is C18H17ClN2O3. The largest absolute Gasteiger partial charge is 0.493 e. The zero-order valence-corrected chi connectivity index (χ0v) is 13.9. The molecule has 0 spiro atoms. The molecule has 124 valence electrons. The van der Waals surface area contributed by atoms with E-state index in [1.165, 1.54) is 6.21 Å². The van der Waals surface area contributed by atoms with Gasteiger partial charge in [-0.3, -0.25) is 4.79 Å². The normalized spacial score (nSPS) is 10.4. The Morgan fingerprint density at radius 2 is 2.00 bits per heavy atom. The van der Waals surface area contributed by atoms with Gasteiger partial charge in [0.15, 0.2) is 11.5 Å². The summed E-state index contributed by atoms with van der Waals surface area (Å²) in [6.07, 6.45) is 3.18. The highest BCUT2D eigenvalue weighted by molar-refractivity contribution is 6.30. The summed E-state index contributed by atoms with van der Waals surface area (Å²) in [5.41, 5.74) is 3.69. The third-order valence-corrected chi connectivity index (χ3v) is 3.28. The minimum Gasteiger partial charge on any atom is -0.493 e. The molecule has 0 aliphatic carbocycles. The SMILES string of the molecule is C=CCOc1ccc(/C=N/NC(=O)c2ccc(Cl)cc2)cc1OC. The van der Waals surface area contributed by atoms with Crippen molar-refractivity contribution in [2.75, 3.05) is 13.7 Å². The maximum Gasteiger partial charge on any atom is 0.271 e. The number of benzene rings is 2. The fourth-order valence-corrected chi connectivity index (χ4v) is 1.99. The summed E-state index contributed by atoms with van der Waals surface area (Å²) in [7, 11) is 1.55. The van der Waals surface area contributed by atoms with Crippen molar-refractivity contribution >= 4 is 23.7 Å². The Kier molecular flexibility index (Phi) is 6.40. The topological polar surface area (TPSA) is 59.9 Å². The van der Waals surface area contributed by atoms with Gasteiger partial charge in [-0.25, -0.2) is 5.43 Å². The van der Waals surface area contributed by atoms with Crippen molar-refractivity contribution in [2.45, 2.75) is 0 Å². The van der Waals surface area contributed by atoms with Gasteiger partial charge >= 0.3 is 0 Å². The average Bonchev–Trinajstić information content (AvgIpc) is 2.60. The summed E-state index contributed by atoms with van der Waals surface area (Å²) in [6, 6.07) is 11.9. The highest BCUT2D eigenvalue weighted by atomic mass is 35.5. The van der Waals surface area contributed by atoms with Crippen LogP contribution in [0.4, 0.5) is 0 Å². The lowest BCUT2D eigenvalue weighted by Gasteiger charge is -2.09. The Labute approximate surface area is 145 Å². The molecule has 1 N–H and O–H groups in total. The zero-order valence-electron chi connectivity index (χ0n) is 13.2. The van der Waals surface area contributed by atoms with E-state index in [9.17, 15) is 4.79 Å². The summed E-state index contributed by atoms with van der Waals surface area (Å²) >= 11 is 5.78. The number of hydrazone groups is 1. The smallest absolute Gasteiger partial charge is 0.271 e. The monoisotopic (exact) mass is 344 g/mol. The molecule has 0 aromatic heterocycles. The first-order valence-electron chi connectivity index (χ1n) is 7.14. The zero-order chi connectivity index (χ0) is 17.4. The quantitative estimate of drug-likeness (QED) is 0.473. The lowest BCUT2D eigenvalue weighted by atomic mass is 10.2. The lowest BCUT2D eigenvalue weighted by molar-refractivity contribution is 0.0955. The highest BCUT2D eigenvalue weighted by Crippen LogP contribution is 2.27. The van der Waals surface area contributed by atoms with E-state index < -0.39 is 0 Å². The Morgan fingerprint density at radius 3 is 2.67 bits per heavy atom. The molecular weight excluding hydrogens is 328 g/mol. The maximum absolute atomic E-state index is 11.9. The molecule has 0 unspecified atom stereocenters. The van der Waals surface area contributed by atoms with E-state index in [-0.39, 0.29) is 5.91 Å². The minimum atomic E-state index is -0.319. The van der Waals surface area contributed by atoms with Crippen LogP contribution in [-0.4, -0.2) is 25.8 Å². The number of amides is 1. The minimum absolute atomic E-state index is 0.319. The summed E-state index contributed by atoms with van der Waals surface area (Å²) < 4.78 is 10.7. The summed E-state index contributed by atoms with van der Waals surface area (Å²) in [5.74, 6) is 0.866. The van der Waals surface area contributed by atoms with Crippen molar-refractivity contribution in [3.63, 3.8) is 0 Å². The molecule has 0 aliphatic heterocycles. The molecule has 0 saturated carbocycles. The van der Waals surface area contributed by atoms with Crippen LogP contribution in [-0.2, 0) is 0 Å². The van der Waals surface area contributed by atoms with Crippen LogP contribution in [0, 0.1) is 0 Å². The number of rotatable bonds is 7. The van der Waals surface area contributed by atoms with E-state index in [1.807, 2.05) is 0 Å². The number of hydrogen-bond donors (Lipinski definition) is 1. The standard InChI is InChI=1S/C18H17ClN2O3/c1-3-10-24-16-9-4-13(11-17(16)23-2)12-20-21-18(22)14-5-7-15(19)8-6-14/h3-9,11-12H,1,10H2,2H3,(H,21,22)/b20-12+. The second kappa shape index (κ2) is 8.74. The van der Waals surface area contributed by atoms with E-state index in [1.54, 1.807) is 55.7 Å². The number of ether oxygens (including phenoxy) is 2. The van der Waals surface area contributed by atoms with Crippen molar-refractivity contribution in [1.82, 2.24) is 5.43 Å². The number of carbonyl (C=O) groups is 1. The molecule has 6 heteroatoms. The second-order valence-electron chi connectivity index (χ2n) is 4.72. The Bertz CT molecular complexity index is 742. The summed E-state index contributed by atoms with van der Waals surface area (Å²) in [6.45, 7) is 3.99. The van der Waals surface area contributed by atoms with Crippen molar-refractivity contribution in [3.05, 3.63) is 71.3 Å². The number of hydrogen-bond acceptors (Lipinski definition) is 4. The Balaban J connectivity index is 2.02. The molecule has 0 bridgehead atoms. The van der Waals surface area contributed by atoms with Gasteiger partial charge in [0.1, 0.15) is 6.61 Å². The van der Waals surface area contributed by atoms with Crippen LogP contribution in [0.25, 0.3) is 0 Å². The van der Waals surface area contributed by atoms with Gasteiger partial charge in [0.2, 0.25) is 0 Å². The molecule has 0 heterocycles. The van der Waals surface area contributed by atoms with Crippen molar-refractivity contribution in [1.29, 1.82) is 0 Å². The van der Waals surface area contributed by atoms with Gasteiger partial charge in [-0.2, -0.15) is 5.10 Å². The van der Waals surface area contributed by atoms with Crippen LogP contribution in [0.1, 0.15) is 15.9 Å². The number of methoxy groups -OCH3 is 1. The van der Waals surface area contributed by atoms with Crippen molar-refractivity contribution in [3.8, 4) is 11.5 Å². The van der Waals surface area contributed by atoms with Crippen molar-refractivity contribution < 1.29 is 14.3 Å². The van der Waals surface area contributed by atoms with E-state index in [0.717, 1.165) is 5.56 Å². The number of halogens is 1. The highest BCUT2D eigenvalue weighted by Gasteiger charge is 2.05. The van der Waals surface area contributed by atoms with Crippen LogP contribution in [0.3, 0.4) is 0 Å². The lowest BCUT2D eigenvalue weighted by Crippen LogP contribution is -2.17. The predicted molar refractivity (Wildman–Crippen MR) is 95.2 cm³/mol. The second-order valence-corrected chi connectivity index (χ2v) is 5.15. The molecule has 0 atom stereocenters. The third-order valence-electron chi connectivity index (χ3n) is 3.03. The summed E-state index contributed by atoms with van der Waals surface area (Å²) in [4.78, 5) is 11.9. The van der Waals surface area contributed by atoms with Crippen LogP contribution in [0.15, 0.2) is 60.2 Å². The van der Waals surface area contributed by atoms with E-state index in [2.05, 4.69) is 17.1 Å². The molecule has 0 fully saturated rings. The predicted octanol–water partition coefficient (Wildman–Crippen LogP) is 3.68. The first-order chi connectivity index (χ1) is 11.6. The van der Waals surface area contributed by atoms with Crippen molar-refractivity contribution in [2.24, 2.45) is 5.10 Å². The number of nitrogens with zero attached hydrogens (tertiary/aromatic N) is 1. The van der Waals surface area contributed by atoms with Crippen LogP contribution in [0.2, 0.25) is 5.02 Å². The van der Waals surface area contributed by atoms with Gasteiger partial charge in [-0.05, 0) is 48.0 Å². The van der Waals surface area contributed by atoms with Crippen LogP contribution in [0.5, 0.6) is 11.5 Å². The molecule has 2 rings (SSSR count).